The van der Waals surface area contributed by atoms with Crippen LogP contribution in [0.15, 0.2) is 35.2 Å². The Morgan fingerprint density at radius 1 is 1.33 bits per heavy atom. The van der Waals surface area contributed by atoms with Crippen molar-refractivity contribution in [3.05, 3.63) is 30.3 Å². The third-order valence-corrected chi connectivity index (χ3v) is 3.16. The summed E-state index contributed by atoms with van der Waals surface area (Å²) in [6.45, 7) is 3.37. The largest absolute Gasteiger partial charge is 0.377 e. The molecule has 0 aliphatic rings. The Balaban J connectivity index is 2.20. The van der Waals surface area contributed by atoms with E-state index >= 15 is 0 Å². The molecular formula is C12H19NOS. The van der Waals surface area contributed by atoms with Gasteiger partial charge in [0.25, 0.3) is 0 Å². The average Bonchev–Trinajstić information content (AvgIpc) is 2.29. The van der Waals surface area contributed by atoms with Crippen LogP contribution in [-0.4, -0.2) is 25.0 Å². The molecule has 0 aromatic heterocycles. The van der Waals surface area contributed by atoms with Crippen molar-refractivity contribution < 1.29 is 4.74 Å². The molecule has 0 aliphatic carbocycles. The van der Waals surface area contributed by atoms with Crippen LogP contribution in [0.25, 0.3) is 0 Å². The molecule has 0 heterocycles. The lowest BCUT2D eigenvalue weighted by Gasteiger charge is -2.13. The van der Waals surface area contributed by atoms with Crippen LogP contribution in [0.5, 0.6) is 0 Å². The maximum Gasteiger partial charge on any atom is 0.0705 e. The second-order valence-corrected chi connectivity index (χ2v) is 4.43. The molecule has 0 radical (unpaired) electrons. The highest BCUT2D eigenvalue weighted by molar-refractivity contribution is 7.99. The van der Waals surface area contributed by atoms with Crippen molar-refractivity contribution in [1.82, 2.24) is 0 Å². The van der Waals surface area contributed by atoms with Crippen LogP contribution in [0.3, 0.4) is 0 Å². The van der Waals surface area contributed by atoms with Crippen molar-refractivity contribution in [1.29, 1.82) is 0 Å². The van der Waals surface area contributed by atoms with Gasteiger partial charge in [-0.1, -0.05) is 18.2 Å². The monoisotopic (exact) mass is 225 g/mol. The van der Waals surface area contributed by atoms with Crippen LogP contribution in [-0.2, 0) is 4.74 Å². The molecule has 84 valence electrons. The van der Waals surface area contributed by atoms with Crippen LogP contribution in [0, 0.1) is 0 Å². The van der Waals surface area contributed by atoms with Crippen molar-refractivity contribution in [2.24, 2.45) is 5.73 Å². The van der Waals surface area contributed by atoms with Gasteiger partial charge in [-0.3, -0.25) is 0 Å². The number of hydrogen-bond acceptors (Lipinski definition) is 3. The molecule has 0 aliphatic heterocycles. The highest BCUT2D eigenvalue weighted by atomic mass is 32.2. The Labute approximate surface area is 96.2 Å². The van der Waals surface area contributed by atoms with Crippen LogP contribution in [0.2, 0.25) is 0 Å². The number of hydrogen-bond donors (Lipinski definition) is 1. The van der Waals surface area contributed by atoms with Gasteiger partial charge >= 0.3 is 0 Å². The number of rotatable bonds is 7. The minimum absolute atomic E-state index is 0.214. The summed E-state index contributed by atoms with van der Waals surface area (Å²) in [5, 5.41) is 0. The summed E-state index contributed by atoms with van der Waals surface area (Å²) in [4.78, 5) is 1.31. The summed E-state index contributed by atoms with van der Waals surface area (Å²) >= 11 is 1.85. The Morgan fingerprint density at radius 3 is 2.67 bits per heavy atom. The Hall–Kier alpha value is -0.510. The molecular weight excluding hydrogens is 206 g/mol. The zero-order valence-electron chi connectivity index (χ0n) is 9.19. The quantitative estimate of drug-likeness (QED) is 0.724. The molecule has 0 saturated carbocycles. The van der Waals surface area contributed by atoms with Gasteiger partial charge < -0.3 is 10.5 Å². The number of ether oxygens (including phenoxy) is 1. The molecule has 1 rings (SSSR count). The fraction of sp³-hybridized carbons (Fsp3) is 0.500. The van der Waals surface area contributed by atoms with Gasteiger partial charge in [0.2, 0.25) is 0 Å². The molecule has 0 fully saturated rings. The van der Waals surface area contributed by atoms with Crippen LogP contribution < -0.4 is 5.73 Å². The third-order valence-electron chi connectivity index (χ3n) is 2.12. The lowest BCUT2D eigenvalue weighted by atomic mass is 10.3. The lowest BCUT2D eigenvalue weighted by molar-refractivity contribution is 0.0674. The molecule has 0 saturated heterocycles. The number of benzene rings is 1. The first-order valence-corrected chi connectivity index (χ1v) is 6.35. The average molecular weight is 225 g/mol. The summed E-state index contributed by atoms with van der Waals surface area (Å²) in [7, 11) is 0. The van der Waals surface area contributed by atoms with E-state index in [4.69, 9.17) is 10.5 Å². The van der Waals surface area contributed by atoms with Gasteiger partial charge in [-0.15, -0.1) is 11.8 Å². The minimum atomic E-state index is 0.214. The third kappa shape index (κ3) is 5.21. The van der Waals surface area contributed by atoms with Crippen molar-refractivity contribution in [3.8, 4) is 0 Å². The summed E-state index contributed by atoms with van der Waals surface area (Å²) < 4.78 is 5.49. The van der Waals surface area contributed by atoms with E-state index in [2.05, 4.69) is 24.3 Å². The molecule has 2 nitrogen and oxygen atoms in total. The second kappa shape index (κ2) is 7.74. The molecule has 2 N–H and O–H groups in total. The van der Waals surface area contributed by atoms with E-state index in [0.29, 0.717) is 6.54 Å². The first-order chi connectivity index (χ1) is 7.36. The Morgan fingerprint density at radius 2 is 2.07 bits per heavy atom. The maximum absolute atomic E-state index is 5.60. The van der Waals surface area contributed by atoms with Crippen molar-refractivity contribution in [2.75, 3.05) is 18.9 Å². The Kier molecular flexibility index (Phi) is 6.48. The molecule has 1 aromatic carbocycles. The second-order valence-electron chi connectivity index (χ2n) is 3.26. The molecule has 15 heavy (non-hydrogen) atoms. The first-order valence-electron chi connectivity index (χ1n) is 5.36. The normalized spacial score (nSPS) is 12.7. The molecule has 1 aromatic rings. The van der Waals surface area contributed by atoms with E-state index in [1.807, 2.05) is 24.8 Å². The van der Waals surface area contributed by atoms with Crippen LogP contribution in [0.1, 0.15) is 13.3 Å². The summed E-state index contributed by atoms with van der Waals surface area (Å²) in [5.74, 6) is 1.06. The molecule has 3 heteroatoms. The zero-order valence-corrected chi connectivity index (χ0v) is 10.0. The van der Waals surface area contributed by atoms with E-state index in [0.717, 1.165) is 18.8 Å². The van der Waals surface area contributed by atoms with Gasteiger partial charge in [-0.05, 0) is 25.5 Å². The van der Waals surface area contributed by atoms with Crippen molar-refractivity contribution in [3.63, 3.8) is 0 Å². The number of thioether (sulfide) groups is 1. The summed E-state index contributed by atoms with van der Waals surface area (Å²) in [6, 6.07) is 10.4. The molecule has 1 unspecified atom stereocenters. The van der Waals surface area contributed by atoms with E-state index in [1.165, 1.54) is 4.90 Å². The first kappa shape index (κ1) is 12.6. The zero-order chi connectivity index (χ0) is 10.9. The van der Waals surface area contributed by atoms with Gasteiger partial charge in [-0.25, -0.2) is 0 Å². The van der Waals surface area contributed by atoms with E-state index < -0.39 is 0 Å². The molecule has 0 amide bonds. The smallest absolute Gasteiger partial charge is 0.0705 e. The maximum atomic E-state index is 5.60. The van der Waals surface area contributed by atoms with Crippen molar-refractivity contribution >= 4 is 11.8 Å². The van der Waals surface area contributed by atoms with Gasteiger partial charge in [0.1, 0.15) is 0 Å². The molecule has 0 spiro atoms. The van der Waals surface area contributed by atoms with Gasteiger partial charge in [0, 0.05) is 23.8 Å². The fourth-order valence-electron chi connectivity index (χ4n) is 1.33. The SMILES string of the molecule is CCOC(CN)CCSc1ccccc1. The highest BCUT2D eigenvalue weighted by Gasteiger charge is 2.05. The topological polar surface area (TPSA) is 35.2 Å². The van der Waals surface area contributed by atoms with E-state index in [1.54, 1.807) is 0 Å². The highest BCUT2D eigenvalue weighted by Crippen LogP contribution is 2.18. The van der Waals surface area contributed by atoms with Gasteiger partial charge in [0.15, 0.2) is 0 Å². The molecule has 1 atom stereocenters. The van der Waals surface area contributed by atoms with Gasteiger partial charge in [0.05, 0.1) is 6.10 Å². The lowest BCUT2D eigenvalue weighted by Crippen LogP contribution is -2.24. The number of nitrogens with two attached hydrogens (primary N) is 1. The van der Waals surface area contributed by atoms with Crippen LogP contribution >= 0.6 is 11.8 Å². The summed E-state index contributed by atoms with van der Waals surface area (Å²) in [5.41, 5.74) is 5.60. The van der Waals surface area contributed by atoms with Gasteiger partial charge in [-0.2, -0.15) is 0 Å². The molecule has 0 bridgehead atoms. The fourth-order valence-corrected chi connectivity index (χ4v) is 2.30. The van der Waals surface area contributed by atoms with E-state index in [9.17, 15) is 0 Å². The van der Waals surface area contributed by atoms with E-state index in [-0.39, 0.29) is 6.10 Å². The standard InChI is InChI=1S/C12H19NOS/c1-2-14-11(10-13)8-9-15-12-6-4-3-5-7-12/h3-7,11H,2,8-10,13H2,1H3. The Bertz CT molecular complexity index is 253. The minimum Gasteiger partial charge on any atom is -0.377 e. The van der Waals surface area contributed by atoms with Crippen LogP contribution in [0.4, 0.5) is 0 Å². The summed E-state index contributed by atoms with van der Waals surface area (Å²) in [6.07, 6.45) is 1.23. The van der Waals surface area contributed by atoms with Crippen molar-refractivity contribution in [2.45, 2.75) is 24.3 Å². The predicted octanol–water partition coefficient (Wildman–Crippen LogP) is 2.53. The predicted molar refractivity (Wildman–Crippen MR) is 66.3 cm³/mol.